The Bertz CT molecular complexity index is 263. The fraction of sp³-hybridized carbons (Fsp3) is 0.125. The third-order valence-electron chi connectivity index (χ3n) is 1.42. The number of cyclic esters (lactones) is 1. The average Bonchev–Trinajstić information content (AvgIpc) is 2.30. The maximum absolute atomic E-state index is 10.9. The highest BCUT2D eigenvalue weighted by Crippen LogP contribution is 2.24. The van der Waals surface area contributed by atoms with Gasteiger partial charge in [0.1, 0.15) is 6.61 Å². The van der Waals surface area contributed by atoms with Crippen LogP contribution in [0.5, 0.6) is 0 Å². The molecule has 0 saturated carbocycles. The second kappa shape index (κ2) is 2.93. The Hall–Kier alpha value is -1.02. The van der Waals surface area contributed by atoms with E-state index in [9.17, 15) is 4.79 Å². The van der Waals surface area contributed by atoms with Gasteiger partial charge in [0.2, 0.25) is 0 Å². The summed E-state index contributed by atoms with van der Waals surface area (Å²) in [7, 11) is 0. The van der Waals surface area contributed by atoms with Crippen molar-refractivity contribution in [3.05, 3.63) is 35.4 Å². The highest BCUT2D eigenvalue weighted by atomic mass is 35.5. The molecule has 0 unspecified atom stereocenters. The molecule has 0 fully saturated rings. The van der Waals surface area contributed by atoms with Crippen molar-refractivity contribution >= 4 is 17.6 Å². The van der Waals surface area contributed by atoms with Crippen LogP contribution in [0.3, 0.4) is 0 Å². The molecule has 0 atom stereocenters. The quantitative estimate of drug-likeness (QED) is 0.591. The summed E-state index contributed by atoms with van der Waals surface area (Å²) < 4.78 is 4.70. The summed E-state index contributed by atoms with van der Waals surface area (Å²) in [5.41, 5.74) is 1.05. The van der Waals surface area contributed by atoms with Gasteiger partial charge in [0, 0.05) is 10.6 Å². The zero-order valence-electron chi connectivity index (χ0n) is 5.89. The summed E-state index contributed by atoms with van der Waals surface area (Å²) in [6.07, 6.45) is 1.43. The van der Waals surface area contributed by atoms with Gasteiger partial charge in [0.25, 0.3) is 0 Å². The average molecular weight is 171 g/mol. The van der Waals surface area contributed by atoms with E-state index in [1.165, 1.54) is 6.08 Å². The molecule has 11 heavy (non-hydrogen) atoms. The fourth-order valence-electron chi connectivity index (χ4n) is 0.847. The van der Waals surface area contributed by atoms with E-state index in [2.05, 4.69) is 13.2 Å². The van der Waals surface area contributed by atoms with E-state index in [1.807, 2.05) is 0 Å². The van der Waals surface area contributed by atoms with E-state index in [-0.39, 0.29) is 12.6 Å². The Balaban J connectivity index is 3.07. The number of esters is 1. The van der Waals surface area contributed by atoms with E-state index >= 15 is 0 Å². The Kier molecular flexibility index (Phi) is 2.15. The predicted molar refractivity (Wildman–Crippen MR) is 43.2 cm³/mol. The minimum absolute atomic E-state index is 0.211. The second-order valence-corrected chi connectivity index (χ2v) is 2.53. The molecule has 1 aliphatic rings. The van der Waals surface area contributed by atoms with E-state index in [0.717, 1.165) is 0 Å². The molecule has 0 aromatic rings. The number of hydrogen-bond acceptors (Lipinski definition) is 2. The maximum Gasteiger partial charge on any atom is 0.338 e. The third-order valence-corrected chi connectivity index (χ3v) is 1.65. The number of carbonyl (C=O) groups is 1. The number of halogens is 1. The lowest BCUT2D eigenvalue weighted by molar-refractivity contribution is -0.135. The van der Waals surface area contributed by atoms with Crippen molar-refractivity contribution in [3.8, 4) is 0 Å². The molecule has 1 heterocycles. The number of ether oxygens (including phenoxy) is 1. The van der Waals surface area contributed by atoms with Gasteiger partial charge in [-0.2, -0.15) is 0 Å². The second-order valence-electron chi connectivity index (χ2n) is 2.08. The summed E-state index contributed by atoms with van der Waals surface area (Å²) >= 11 is 5.59. The minimum Gasteiger partial charge on any atom is -0.457 e. The first-order valence-electron chi connectivity index (χ1n) is 3.04. The van der Waals surface area contributed by atoms with Gasteiger partial charge >= 0.3 is 5.97 Å². The smallest absolute Gasteiger partial charge is 0.338 e. The summed E-state index contributed by atoms with van der Waals surface area (Å²) in [5, 5.41) is 0.339. The molecule has 0 N–H and O–H groups in total. The Labute approximate surface area is 69.8 Å². The Morgan fingerprint density at radius 3 is 2.73 bits per heavy atom. The molecule has 0 spiro atoms. The molecule has 0 aromatic carbocycles. The van der Waals surface area contributed by atoms with Crippen LogP contribution in [-0.2, 0) is 9.53 Å². The molecule has 0 amide bonds. The normalized spacial score (nSPS) is 16.6. The summed E-state index contributed by atoms with van der Waals surface area (Å²) in [6.45, 7) is 7.18. The molecule has 0 aromatic heterocycles. The Morgan fingerprint density at radius 2 is 2.36 bits per heavy atom. The van der Waals surface area contributed by atoms with Gasteiger partial charge in [0.15, 0.2) is 0 Å². The van der Waals surface area contributed by atoms with Crippen molar-refractivity contribution in [1.29, 1.82) is 0 Å². The van der Waals surface area contributed by atoms with Crippen LogP contribution >= 0.6 is 11.6 Å². The van der Waals surface area contributed by atoms with Crippen molar-refractivity contribution < 1.29 is 9.53 Å². The lowest BCUT2D eigenvalue weighted by Gasteiger charge is -1.93. The van der Waals surface area contributed by atoms with Crippen molar-refractivity contribution in [1.82, 2.24) is 0 Å². The molecular formula is C8H7ClO2. The van der Waals surface area contributed by atoms with Crippen molar-refractivity contribution in [2.45, 2.75) is 0 Å². The molecule has 1 rings (SSSR count). The number of rotatable bonds is 2. The van der Waals surface area contributed by atoms with Crippen molar-refractivity contribution in [3.63, 3.8) is 0 Å². The van der Waals surface area contributed by atoms with E-state index < -0.39 is 0 Å². The SMILES string of the molecule is C=CC1=C(C(=C)Cl)COC1=O. The zero-order valence-corrected chi connectivity index (χ0v) is 6.65. The van der Waals surface area contributed by atoms with Crippen molar-refractivity contribution in [2.24, 2.45) is 0 Å². The molecule has 0 bridgehead atoms. The third kappa shape index (κ3) is 1.35. The van der Waals surface area contributed by atoms with Gasteiger partial charge in [-0.15, -0.1) is 0 Å². The lowest BCUT2D eigenvalue weighted by atomic mass is 10.1. The van der Waals surface area contributed by atoms with Gasteiger partial charge in [-0.25, -0.2) is 4.79 Å². The fourth-order valence-corrected chi connectivity index (χ4v) is 1.00. The maximum atomic E-state index is 10.9. The van der Waals surface area contributed by atoms with Gasteiger partial charge in [-0.3, -0.25) is 0 Å². The van der Waals surface area contributed by atoms with Gasteiger partial charge in [0.05, 0.1) is 5.57 Å². The molecule has 58 valence electrons. The summed E-state index contributed by atoms with van der Waals surface area (Å²) in [6, 6.07) is 0. The molecule has 3 heteroatoms. The summed E-state index contributed by atoms with van der Waals surface area (Å²) in [5.74, 6) is -0.378. The van der Waals surface area contributed by atoms with Gasteiger partial charge in [-0.05, 0) is 0 Å². The van der Waals surface area contributed by atoms with E-state index in [0.29, 0.717) is 16.2 Å². The first-order chi connectivity index (χ1) is 5.16. The predicted octanol–water partition coefficient (Wildman–Crippen LogP) is 1.78. The van der Waals surface area contributed by atoms with Crippen LogP contribution in [0, 0.1) is 0 Å². The van der Waals surface area contributed by atoms with Crippen molar-refractivity contribution in [2.75, 3.05) is 6.61 Å². The van der Waals surface area contributed by atoms with Crippen LogP contribution in [0.1, 0.15) is 0 Å². The van der Waals surface area contributed by atoms with Gasteiger partial charge < -0.3 is 4.74 Å². The highest BCUT2D eigenvalue weighted by molar-refractivity contribution is 6.32. The summed E-state index contributed by atoms with van der Waals surface area (Å²) in [4.78, 5) is 10.9. The highest BCUT2D eigenvalue weighted by Gasteiger charge is 2.22. The van der Waals surface area contributed by atoms with Crippen LogP contribution < -0.4 is 0 Å². The molecule has 1 aliphatic heterocycles. The van der Waals surface area contributed by atoms with Crippen LogP contribution in [0.15, 0.2) is 35.4 Å². The topological polar surface area (TPSA) is 26.3 Å². The van der Waals surface area contributed by atoms with E-state index in [4.69, 9.17) is 16.3 Å². The van der Waals surface area contributed by atoms with Crippen LogP contribution in [0.25, 0.3) is 0 Å². The Morgan fingerprint density at radius 1 is 1.73 bits per heavy atom. The molecular weight excluding hydrogens is 164 g/mol. The van der Waals surface area contributed by atoms with Gasteiger partial charge in [-0.1, -0.05) is 30.8 Å². The zero-order chi connectivity index (χ0) is 8.43. The first kappa shape index (κ1) is 8.08. The van der Waals surface area contributed by atoms with Crippen LogP contribution in [-0.4, -0.2) is 12.6 Å². The van der Waals surface area contributed by atoms with E-state index in [1.54, 1.807) is 0 Å². The standard InChI is InChI=1S/C8H7ClO2/c1-3-6-7(5(2)9)4-11-8(6)10/h3H,1-2,4H2. The molecule has 0 aliphatic carbocycles. The largest absolute Gasteiger partial charge is 0.457 e. The van der Waals surface area contributed by atoms with Crippen LogP contribution in [0.4, 0.5) is 0 Å². The molecule has 0 radical (unpaired) electrons. The van der Waals surface area contributed by atoms with Crippen LogP contribution in [0.2, 0.25) is 0 Å². The number of carbonyl (C=O) groups excluding carboxylic acids is 1. The number of hydrogen-bond donors (Lipinski definition) is 0. The minimum atomic E-state index is -0.378. The first-order valence-corrected chi connectivity index (χ1v) is 3.42. The monoisotopic (exact) mass is 170 g/mol. The lowest BCUT2D eigenvalue weighted by Crippen LogP contribution is -1.95. The molecule has 2 nitrogen and oxygen atoms in total. The molecule has 0 saturated heterocycles.